The van der Waals surface area contributed by atoms with E-state index in [0.29, 0.717) is 0 Å². The van der Waals surface area contributed by atoms with Crippen LogP contribution in [0.3, 0.4) is 0 Å². The van der Waals surface area contributed by atoms with Crippen molar-refractivity contribution in [3.8, 4) is 0 Å². The first-order chi connectivity index (χ1) is 8.35. The molecule has 0 radical (unpaired) electrons. The smallest absolute Gasteiger partial charge is 0.325 e. The monoisotopic (exact) mass is 258 g/mol. The highest BCUT2D eigenvalue weighted by molar-refractivity contribution is 5.80. The summed E-state index contributed by atoms with van der Waals surface area (Å²) in [5, 5.41) is 3.32. The number of unbranched alkanes of at least 4 members (excludes halogenated alkanes) is 1. The Kier molecular flexibility index (Phi) is 8.20. The average molecular weight is 258 g/mol. The van der Waals surface area contributed by atoms with E-state index in [9.17, 15) is 4.79 Å². The Balaban J connectivity index is 4.21. The van der Waals surface area contributed by atoms with Crippen LogP contribution in [0, 0.1) is 0 Å². The molecule has 0 aliphatic rings. The summed E-state index contributed by atoms with van der Waals surface area (Å²) in [4.78, 5) is 14.1. The van der Waals surface area contributed by atoms with Crippen LogP contribution in [0.1, 0.15) is 47.0 Å². The summed E-state index contributed by atoms with van der Waals surface area (Å²) in [5.74, 6) is -0.167. The van der Waals surface area contributed by atoms with Crippen LogP contribution >= 0.6 is 0 Å². The third-order valence-electron chi connectivity index (χ3n) is 3.25. The number of carbonyl (C=O) groups is 1. The largest absolute Gasteiger partial charge is 0.468 e. The van der Waals surface area contributed by atoms with E-state index in [1.807, 2.05) is 20.8 Å². The summed E-state index contributed by atoms with van der Waals surface area (Å²) in [5.41, 5.74) is -0.562. The van der Waals surface area contributed by atoms with Crippen LogP contribution in [0.5, 0.6) is 0 Å². The van der Waals surface area contributed by atoms with Gasteiger partial charge in [0.05, 0.1) is 7.11 Å². The first kappa shape index (κ1) is 17.4. The fourth-order valence-corrected chi connectivity index (χ4v) is 2.11. The fraction of sp³-hybridized carbons (Fsp3) is 0.929. The molecule has 0 saturated heterocycles. The Morgan fingerprint density at radius 1 is 1.39 bits per heavy atom. The lowest BCUT2D eigenvalue weighted by atomic mass is 9.93. The van der Waals surface area contributed by atoms with E-state index in [1.54, 1.807) is 0 Å². The van der Waals surface area contributed by atoms with Gasteiger partial charge >= 0.3 is 5.97 Å². The van der Waals surface area contributed by atoms with Gasteiger partial charge in [0.15, 0.2) is 0 Å². The molecule has 0 heterocycles. The number of nitrogens with one attached hydrogen (secondary N) is 1. The number of hydrogen-bond acceptors (Lipinski definition) is 4. The number of rotatable bonds is 9. The molecule has 0 bridgehead atoms. The highest BCUT2D eigenvalue weighted by atomic mass is 16.5. The van der Waals surface area contributed by atoms with Crippen LogP contribution < -0.4 is 5.32 Å². The summed E-state index contributed by atoms with van der Waals surface area (Å²) in [7, 11) is 3.57. The lowest BCUT2D eigenvalue weighted by Crippen LogP contribution is -2.52. The molecule has 0 aromatic heterocycles. The van der Waals surface area contributed by atoms with Gasteiger partial charge in [-0.2, -0.15) is 0 Å². The third-order valence-corrected chi connectivity index (χ3v) is 3.25. The molecule has 1 N–H and O–H groups in total. The van der Waals surface area contributed by atoms with E-state index in [1.165, 1.54) is 7.11 Å². The maximum Gasteiger partial charge on any atom is 0.325 e. The van der Waals surface area contributed by atoms with Crippen molar-refractivity contribution in [2.75, 3.05) is 27.2 Å². The number of nitrogens with zero attached hydrogens (tertiary/aromatic N) is 1. The van der Waals surface area contributed by atoms with Crippen LogP contribution in [-0.4, -0.2) is 49.7 Å². The standard InChI is InChI=1S/C14H30N2O2/c1-7-16(5)11-9-8-10-14(4,13(17)18-6)15-12(2)3/h12,15H,7-11H2,1-6H3. The highest BCUT2D eigenvalue weighted by Crippen LogP contribution is 2.17. The zero-order chi connectivity index (χ0) is 14.2. The van der Waals surface area contributed by atoms with Crippen molar-refractivity contribution >= 4 is 5.97 Å². The minimum absolute atomic E-state index is 0.167. The Morgan fingerprint density at radius 3 is 2.44 bits per heavy atom. The molecule has 0 aliphatic heterocycles. The molecule has 0 aliphatic carbocycles. The van der Waals surface area contributed by atoms with Gasteiger partial charge < -0.3 is 9.64 Å². The molecule has 18 heavy (non-hydrogen) atoms. The lowest BCUT2D eigenvalue weighted by Gasteiger charge is -2.30. The Hall–Kier alpha value is -0.610. The maximum atomic E-state index is 11.9. The summed E-state index contributed by atoms with van der Waals surface area (Å²) >= 11 is 0. The maximum absolute atomic E-state index is 11.9. The molecule has 0 rings (SSSR count). The summed E-state index contributed by atoms with van der Waals surface area (Å²) in [6.45, 7) is 10.3. The average Bonchev–Trinajstić information content (AvgIpc) is 2.32. The SMILES string of the molecule is CCN(C)CCCCC(C)(NC(C)C)C(=O)OC. The quantitative estimate of drug-likeness (QED) is 0.507. The Morgan fingerprint density at radius 2 is 2.00 bits per heavy atom. The van der Waals surface area contributed by atoms with Crippen molar-refractivity contribution in [2.24, 2.45) is 0 Å². The van der Waals surface area contributed by atoms with Gasteiger partial charge in [0.2, 0.25) is 0 Å². The molecule has 0 aromatic carbocycles. The number of hydrogen-bond donors (Lipinski definition) is 1. The van der Waals surface area contributed by atoms with Crippen LogP contribution in [0.15, 0.2) is 0 Å². The predicted molar refractivity (Wildman–Crippen MR) is 75.7 cm³/mol. The van der Waals surface area contributed by atoms with Crippen molar-refractivity contribution in [3.63, 3.8) is 0 Å². The first-order valence-corrected chi connectivity index (χ1v) is 6.90. The third kappa shape index (κ3) is 6.36. The zero-order valence-electron chi connectivity index (χ0n) is 12.9. The lowest BCUT2D eigenvalue weighted by molar-refractivity contribution is -0.148. The van der Waals surface area contributed by atoms with E-state index < -0.39 is 5.54 Å². The number of ether oxygens (including phenoxy) is 1. The second kappa shape index (κ2) is 8.48. The van der Waals surface area contributed by atoms with Gasteiger partial charge in [0.25, 0.3) is 0 Å². The molecule has 0 amide bonds. The van der Waals surface area contributed by atoms with Gasteiger partial charge in [-0.3, -0.25) is 10.1 Å². The van der Waals surface area contributed by atoms with Crippen LogP contribution in [0.4, 0.5) is 0 Å². The molecule has 108 valence electrons. The second-order valence-electron chi connectivity index (χ2n) is 5.48. The molecular formula is C14H30N2O2. The molecule has 0 spiro atoms. The molecule has 1 atom stereocenters. The molecule has 0 saturated carbocycles. The van der Waals surface area contributed by atoms with Crippen LogP contribution in [-0.2, 0) is 9.53 Å². The van der Waals surface area contributed by atoms with E-state index in [2.05, 4.69) is 24.2 Å². The van der Waals surface area contributed by atoms with Crippen LogP contribution in [0.2, 0.25) is 0 Å². The van der Waals surface area contributed by atoms with E-state index in [4.69, 9.17) is 4.74 Å². The van der Waals surface area contributed by atoms with Crippen molar-refractivity contribution in [1.29, 1.82) is 0 Å². The minimum atomic E-state index is -0.562. The normalized spacial score (nSPS) is 14.9. The minimum Gasteiger partial charge on any atom is -0.468 e. The fourth-order valence-electron chi connectivity index (χ4n) is 2.11. The molecule has 0 aromatic rings. The molecular weight excluding hydrogens is 228 g/mol. The van der Waals surface area contributed by atoms with Gasteiger partial charge in [-0.1, -0.05) is 6.92 Å². The number of methoxy groups -OCH3 is 1. The van der Waals surface area contributed by atoms with Crippen molar-refractivity contribution < 1.29 is 9.53 Å². The first-order valence-electron chi connectivity index (χ1n) is 6.90. The zero-order valence-corrected chi connectivity index (χ0v) is 12.9. The number of esters is 1. The molecule has 1 unspecified atom stereocenters. The molecule has 0 fully saturated rings. The molecule has 4 nitrogen and oxygen atoms in total. The van der Waals surface area contributed by atoms with E-state index >= 15 is 0 Å². The second-order valence-corrected chi connectivity index (χ2v) is 5.48. The van der Waals surface area contributed by atoms with Crippen molar-refractivity contribution in [2.45, 2.75) is 58.5 Å². The van der Waals surface area contributed by atoms with Crippen molar-refractivity contribution in [3.05, 3.63) is 0 Å². The summed E-state index contributed by atoms with van der Waals surface area (Å²) in [6, 6.07) is 0.271. The van der Waals surface area contributed by atoms with Gasteiger partial charge in [0.1, 0.15) is 5.54 Å². The van der Waals surface area contributed by atoms with E-state index in [0.717, 1.165) is 32.4 Å². The van der Waals surface area contributed by atoms with Gasteiger partial charge in [0, 0.05) is 6.04 Å². The summed E-state index contributed by atoms with van der Waals surface area (Å²) < 4.78 is 4.90. The molecule has 4 heteroatoms. The van der Waals surface area contributed by atoms with Crippen LogP contribution in [0.25, 0.3) is 0 Å². The Bertz CT molecular complexity index is 244. The predicted octanol–water partition coefficient (Wildman–Crippen LogP) is 2.04. The Labute approximate surface area is 112 Å². The van der Waals surface area contributed by atoms with Gasteiger partial charge in [-0.05, 0) is 60.2 Å². The van der Waals surface area contributed by atoms with E-state index in [-0.39, 0.29) is 12.0 Å². The van der Waals surface area contributed by atoms with Gasteiger partial charge in [-0.25, -0.2) is 0 Å². The van der Waals surface area contributed by atoms with Gasteiger partial charge in [-0.15, -0.1) is 0 Å². The highest BCUT2D eigenvalue weighted by Gasteiger charge is 2.33. The van der Waals surface area contributed by atoms with Crippen molar-refractivity contribution in [1.82, 2.24) is 10.2 Å². The number of carbonyl (C=O) groups excluding carboxylic acids is 1. The topological polar surface area (TPSA) is 41.6 Å². The summed E-state index contributed by atoms with van der Waals surface area (Å²) in [6.07, 6.45) is 2.95.